The van der Waals surface area contributed by atoms with Crippen LogP contribution in [-0.4, -0.2) is 54.7 Å². The van der Waals surface area contributed by atoms with Crippen molar-refractivity contribution in [1.82, 2.24) is 15.5 Å². The second kappa shape index (κ2) is 8.74. The van der Waals surface area contributed by atoms with E-state index in [4.69, 9.17) is 5.11 Å². The molecule has 0 aliphatic rings. The largest absolute Gasteiger partial charge is 0.481 e. The molecule has 0 saturated carbocycles. The molecule has 2 unspecified atom stereocenters. The summed E-state index contributed by atoms with van der Waals surface area (Å²) in [6, 6.07) is -0.370. The Morgan fingerprint density at radius 1 is 1.33 bits per heavy atom. The monoisotopic (exact) mass is 259 g/mol. The van der Waals surface area contributed by atoms with E-state index in [2.05, 4.69) is 10.6 Å². The van der Waals surface area contributed by atoms with Crippen LogP contribution >= 0.6 is 0 Å². The lowest BCUT2D eigenvalue weighted by Gasteiger charge is -2.21. The van der Waals surface area contributed by atoms with Crippen LogP contribution in [-0.2, 0) is 4.79 Å². The van der Waals surface area contributed by atoms with E-state index in [9.17, 15) is 9.59 Å². The van der Waals surface area contributed by atoms with Gasteiger partial charge in [0.1, 0.15) is 0 Å². The van der Waals surface area contributed by atoms with Gasteiger partial charge >= 0.3 is 12.0 Å². The average Bonchev–Trinajstić information content (AvgIpc) is 2.25. The Hall–Kier alpha value is -1.30. The minimum atomic E-state index is -0.893. The zero-order valence-corrected chi connectivity index (χ0v) is 11.7. The first-order valence-corrected chi connectivity index (χ1v) is 6.29. The summed E-state index contributed by atoms with van der Waals surface area (Å²) in [4.78, 5) is 24.2. The predicted octanol–water partition coefficient (Wildman–Crippen LogP) is 0.879. The molecule has 0 fully saturated rings. The van der Waals surface area contributed by atoms with E-state index in [-0.39, 0.29) is 24.5 Å². The third-order valence-corrected chi connectivity index (χ3v) is 2.83. The molecule has 0 spiro atoms. The van der Waals surface area contributed by atoms with Crippen molar-refractivity contribution in [2.75, 3.05) is 20.6 Å². The molecule has 0 bridgehead atoms. The van der Waals surface area contributed by atoms with Crippen LogP contribution in [0.15, 0.2) is 0 Å². The number of aliphatic carboxylic acids is 1. The summed E-state index contributed by atoms with van der Waals surface area (Å²) >= 11 is 0. The number of hydrogen-bond acceptors (Lipinski definition) is 3. The smallest absolute Gasteiger partial charge is 0.315 e. The zero-order chi connectivity index (χ0) is 14.1. The molecule has 0 saturated heterocycles. The molecular formula is C12H25N3O3. The highest BCUT2D eigenvalue weighted by Gasteiger charge is 2.15. The lowest BCUT2D eigenvalue weighted by molar-refractivity contribution is -0.137. The fraction of sp³-hybridized carbons (Fsp3) is 0.833. The molecule has 0 aromatic carbocycles. The van der Waals surface area contributed by atoms with Crippen molar-refractivity contribution >= 4 is 12.0 Å². The third kappa shape index (κ3) is 7.89. The van der Waals surface area contributed by atoms with E-state index >= 15 is 0 Å². The summed E-state index contributed by atoms with van der Waals surface area (Å²) in [5, 5.41) is 14.2. The lowest BCUT2D eigenvalue weighted by Crippen LogP contribution is -2.46. The van der Waals surface area contributed by atoms with Gasteiger partial charge in [-0.25, -0.2) is 4.79 Å². The summed E-state index contributed by atoms with van der Waals surface area (Å²) in [7, 11) is 3.88. The fourth-order valence-electron chi connectivity index (χ4n) is 1.44. The summed E-state index contributed by atoms with van der Waals surface area (Å²) in [5.41, 5.74) is 0. The van der Waals surface area contributed by atoms with Crippen molar-refractivity contribution in [1.29, 1.82) is 0 Å². The van der Waals surface area contributed by atoms with E-state index in [0.717, 1.165) is 6.42 Å². The van der Waals surface area contributed by atoms with Gasteiger partial charge in [0.2, 0.25) is 0 Å². The first-order valence-electron chi connectivity index (χ1n) is 6.29. The van der Waals surface area contributed by atoms with E-state index in [1.54, 1.807) is 0 Å². The van der Waals surface area contributed by atoms with Gasteiger partial charge in [-0.3, -0.25) is 4.79 Å². The molecule has 18 heavy (non-hydrogen) atoms. The minimum Gasteiger partial charge on any atom is -0.481 e. The zero-order valence-electron chi connectivity index (χ0n) is 11.7. The summed E-state index contributed by atoms with van der Waals surface area (Å²) in [6.45, 7) is 4.49. The van der Waals surface area contributed by atoms with Crippen LogP contribution in [0.5, 0.6) is 0 Å². The van der Waals surface area contributed by atoms with Crippen LogP contribution < -0.4 is 10.6 Å². The maximum Gasteiger partial charge on any atom is 0.315 e. The van der Waals surface area contributed by atoms with Crippen LogP contribution in [0.4, 0.5) is 4.79 Å². The van der Waals surface area contributed by atoms with Gasteiger partial charge in [-0.05, 0) is 27.4 Å². The average molecular weight is 259 g/mol. The van der Waals surface area contributed by atoms with Crippen molar-refractivity contribution in [3.8, 4) is 0 Å². The highest BCUT2D eigenvalue weighted by atomic mass is 16.4. The number of nitrogens with one attached hydrogen (secondary N) is 2. The standard InChI is InChI=1S/C12H25N3O3/c1-5-6-10(7-11(16)17)14-12(18)13-8-9(2)15(3)4/h9-10H,5-8H2,1-4H3,(H,16,17)(H2,13,14,18). The SMILES string of the molecule is CCCC(CC(=O)O)NC(=O)NCC(C)N(C)C. The van der Waals surface area contributed by atoms with Crippen molar-refractivity contribution in [3.63, 3.8) is 0 Å². The molecule has 0 radical (unpaired) electrons. The van der Waals surface area contributed by atoms with Gasteiger partial charge in [-0.1, -0.05) is 13.3 Å². The topological polar surface area (TPSA) is 81.7 Å². The predicted molar refractivity (Wildman–Crippen MR) is 70.6 cm³/mol. The molecule has 0 aliphatic carbocycles. The van der Waals surface area contributed by atoms with Crippen LogP contribution in [0.25, 0.3) is 0 Å². The lowest BCUT2D eigenvalue weighted by atomic mass is 10.1. The molecule has 0 heterocycles. The highest BCUT2D eigenvalue weighted by molar-refractivity contribution is 5.75. The molecule has 0 aromatic heterocycles. The summed E-state index contributed by atoms with van der Waals surface area (Å²) in [6.07, 6.45) is 1.47. The number of carboxylic acids is 1. The molecule has 2 amide bonds. The number of nitrogens with zero attached hydrogens (tertiary/aromatic N) is 1. The maximum atomic E-state index is 11.6. The van der Waals surface area contributed by atoms with Crippen molar-refractivity contribution in [3.05, 3.63) is 0 Å². The second-order valence-corrected chi connectivity index (χ2v) is 4.75. The Bertz CT molecular complexity index is 269. The van der Waals surface area contributed by atoms with E-state index < -0.39 is 5.97 Å². The molecule has 3 N–H and O–H groups in total. The van der Waals surface area contributed by atoms with Crippen LogP contribution in [0.3, 0.4) is 0 Å². The molecule has 106 valence electrons. The van der Waals surface area contributed by atoms with Gasteiger partial charge in [-0.15, -0.1) is 0 Å². The molecule has 6 heteroatoms. The van der Waals surface area contributed by atoms with Crippen LogP contribution in [0, 0.1) is 0 Å². The number of amides is 2. The molecule has 0 aliphatic heterocycles. The number of urea groups is 1. The van der Waals surface area contributed by atoms with Gasteiger partial charge < -0.3 is 20.6 Å². The van der Waals surface area contributed by atoms with Gasteiger partial charge in [-0.2, -0.15) is 0 Å². The minimum absolute atomic E-state index is 0.0372. The third-order valence-electron chi connectivity index (χ3n) is 2.83. The quantitative estimate of drug-likeness (QED) is 0.604. The Morgan fingerprint density at radius 2 is 1.94 bits per heavy atom. The molecule has 0 rings (SSSR count). The maximum absolute atomic E-state index is 11.6. The fourth-order valence-corrected chi connectivity index (χ4v) is 1.44. The number of carboxylic acid groups (broad SMARTS) is 1. The molecule has 2 atom stereocenters. The number of likely N-dealkylation sites (N-methyl/N-ethyl adjacent to an activating group) is 1. The molecule has 0 aromatic rings. The Morgan fingerprint density at radius 3 is 2.39 bits per heavy atom. The van der Waals surface area contributed by atoms with Crippen LogP contribution in [0.1, 0.15) is 33.1 Å². The van der Waals surface area contributed by atoms with Gasteiger partial charge in [0.05, 0.1) is 6.42 Å². The number of carbonyl (C=O) groups is 2. The van der Waals surface area contributed by atoms with Crippen molar-refractivity contribution in [2.24, 2.45) is 0 Å². The van der Waals surface area contributed by atoms with E-state index in [1.807, 2.05) is 32.8 Å². The van der Waals surface area contributed by atoms with E-state index in [0.29, 0.717) is 13.0 Å². The number of rotatable bonds is 8. The summed E-state index contributed by atoms with van der Waals surface area (Å²) in [5.74, 6) is -0.893. The first kappa shape index (κ1) is 16.7. The Balaban J connectivity index is 4.05. The number of hydrogen-bond donors (Lipinski definition) is 3. The first-order chi connectivity index (χ1) is 8.36. The normalized spacial score (nSPS) is 14.1. The Kier molecular flexibility index (Phi) is 8.11. The van der Waals surface area contributed by atoms with Crippen LogP contribution in [0.2, 0.25) is 0 Å². The highest BCUT2D eigenvalue weighted by Crippen LogP contribution is 2.01. The number of carbonyl (C=O) groups excluding carboxylic acids is 1. The molecular weight excluding hydrogens is 234 g/mol. The van der Waals surface area contributed by atoms with Gasteiger partial charge in [0.15, 0.2) is 0 Å². The van der Waals surface area contributed by atoms with Gasteiger partial charge in [0, 0.05) is 18.6 Å². The summed E-state index contributed by atoms with van der Waals surface area (Å²) < 4.78 is 0. The Labute approximate surface area is 109 Å². The van der Waals surface area contributed by atoms with Crippen molar-refractivity contribution in [2.45, 2.75) is 45.2 Å². The van der Waals surface area contributed by atoms with E-state index in [1.165, 1.54) is 0 Å². The van der Waals surface area contributed by atoms with Gasteiger partial charge in [0.25, 0.3) is 0 Å². The second-order valence-electron chi connectivity index (χ2n) is 4.75. The van der Waals surface area contributed by atoms with Crippen molar-refractivity contribution < 1.29 is 14.7 Å². The molecule has 6 nitrogen and oxygen atoms in total.